The molecule has 28 heavy (non-hydrogen) atoms. The number of methoxy groups -OCH3 is 1. The molecule has 1 aromatic heterocycles. The van der Waals surface area contributed by atoms with E-state index in [2.05, 4.69) is 15.2 Å². The van der Waals surface area contributed by atoms with Crippen LogP contribution < -0.4 is 14.8 Å². The van der Waals surface area contributed by atoms with Crippen molar-refractivity contribution in [2.45, 2.75) is 13.0 Å². The number of aromatic nitrogens is 2. The van der Waals surface area contributed by atoms with E-state index in [0.29, 0.717) is 18.5 Å². The van der Waals surface area contributed by atoms with Gasteiger partial charge in [-0.1, -0.05) is 6.07 Å². The second-order valence-electron chi connectivity index (χ2n) is 5.87. The molecule has 0 aliphatic carbocycles. The molecule has 1 N–H and O–H groups in total. The van der Waals surface area contributed by atoms with Gasteiger partial charge >= 0.3 is 6.61 Å². The SMILES string of the molecule is COc1cc(CCNC(=O)c2ccc(-n3cccn3)cc2)ccc1OC(F)F. The third-order valence-electron chi connectivity index (χ3n) is 4.04. The van der Waals surface area contributed by atoms with Gasteiger partial charge in [0.25, 0.3) is 5.91 Å². The molecule has 146 valence electrons. The Morgan fingerprint density at radius 1 is 1.18 bits per heavy atom. The average Bonchev–Trinajstić information content (AvgIpc) is 3.23. The zero-order chi connectivity index (χ0) is 19.9. The average molecular weight is 387 g/mol. The molecule has 0 spiro atoms. The summed E-state index contributed by atoms with van der Waals surface area (Å²) < 4.78 is 35.9. The predicted octanol–water partition coefficient (Wildman–Crippen LogP) is 3.45. The van der Waals surface area contributed by atoms with E-state index >= 15 is 0 Å². The van der Waals surface area contributed by atoms with Crippen LogP contribution >= 0.6 is 0 Å². The van der Waals surface area contributed by atoms with Crippen LogP contribution in [0.2, 0.25) is 0 Å². The number of rotatable bonds is 8. The van der Waals surface area contributed by atoms with Crippen molar-refractivity contribution in [3.8, 4) is 17.2 Å². The third kappa shape index (κ3) is 4.85. The molecule has 3 aromatic rings. The Balaban J connectivity index is 1.55. The summed E-state index contributed by atoms with van der Waals surface area (Å²) in [6.07, 6.45) is 4.02. The number of nitrogens with zero attached hydrogens (tertiary/aromatic N) is 2. The number of hydrogen-bond acceptors (Lipinski definition) is 4. The van der Waals surface area contributed by atoms with Gasteiger partial charge < -0.3 is 14.8 Å². The highest BCUT2D eigenvalue weighted by Gasteiger charge is 2.11. The Hall–Kier alpha value is -3.42. The van der Waals surface area contributed by atoms with Crippen LogP contribution in [0.5, 0.6) is 11.5 Å². The molecule has 0 saturated carbocycles. The first-order valence-corrected chi connectivity index (χ1v) is 8.57. The molecule has 0 atom stereocenters. The number of nitrogens with one attached hydrogen (secondary N) is 1. The Labute approximate surface area is 160 Å². The lowest BCUT2D eigenvalue weighted by Crippen LogP contribution is -2.25. The van der Waals surface area contributed by atoms with E-state index in [0.717, 1.165) is 11.3 Å². The van der Waals surface area contributed by atoms with Gasteiger partial charge in [0.05, 0.1) is 12.8 Å². The maximum Gasteiger partial charge on any atom is 0.387 e. The second-order valence-corrected chi connectivity index (χ2v) is 5.87. The fourth-order valence-electron chi connectivity index (χ4n) is 2.67. The molecule has 3 rings (SSSR count). The van der Waals surface area contributed by atoms with Crippen LogP contribution in [-0.4, -0.2) is 36.0 Å². The lowest BCUT2D eigenvalue weighted by molar-refractivity contribution is -0.0512. The number of carbonyl (C=O) groups is 1. The van der Waals surface area contributed by atoms with Gasteiger partial charge in [-0.25, -0.2) is 4.68 Å². The molecule has 0 aliphatic heterocycles. The molecule has 1 heterocycles. The number of hydrogen-bond donors (Lipinski definition) is 1. The highest BCUT2D eigenvalue weighted by atomic mass is 19.3. The first-order chi connectivity index (χ1) is 13.6. The van der Waals surface area contributed by atoms with Gasteiger partial charge in [0.2, 0.25) is 0 Å². The van der Waals surface area contributed by atoms with Crippen LogP contribution in [0.1, 0.15) is 15.9 Å². The molecular weight excluding hydrogens is 368 g/mol. The van der Waals surface area contributed by atoms with E-state index in [1.807, 2.05) is 24.4 Å². The largest absolute Gasteiger partial charge is 0.493 e. The molecule has 0 aliphatic rings. The zero-order valence-corrected chi connectivity index (χ0v) is 15.1. The predicted molar refractivity (Wildman–Crippen MR) is 99.2 cm³/mol. The Morgan fingerprint density at radius 3 is 2.61 bits per heavy atom. The summed E-state index contributed by atoms with van der Waals surface area (Å²) in [5.41, 5.74) is 2.22. The van der Waals surface area contributed by atoms with E-state index in [9.17, 15) is 13.6 Å². The summed E-state index contributed by atoms with van der Waals surface area (Å²) in [7, 11) is 1.38. The number of carbonyl (C=O) groups excluding carboxylic acids is 1. The first-order valence-electron chi connectivity index (χ1n) is 8.57. The molecule has 0 bridgehead atoms. The smallest absolute Gasteiger partial charge is 0.387 e. The van der Waals surface area contributed by atoms with Crippen LogP contribution in [-0.2, 0) is 6.42 Å². The number of ether oxygens (including phenoxy) is 2. The summed E-state index contributed by atoms with van der Waals surface area (Å²) in [4.78, 5) is 12.3. The van der Waals surface area contributed by atoms with Crippen LogP contribution in [0, 0.1) is 0 Å². The van der Waals surface area contributed by atoms with Crippen LogP contribution in [0.25, 0.3) is 5.69 Å². The monoisotopic (exact) mass is 387 g/mol. The second kappa shape index (κ2) is 8.98. The van der Waals surface area contributed by atoms with Crippen molar-refractivity contribution in [1.29, 1.82) is 0 Å². The highest BCUT2D eigenvalue weighted by Crippen LogP contribution is 2.29. The molecule has 0 unspecified atom stereocenters. The van der Waals surface area contributed by atoms with E-state index in [4.69, 9.17) is 4.74 Å². The Kier molecular flexibility index (Phi) is 6.21. The maximum absolute atomic E-state index is 12.4. The zero-order valence-electron chi connectivity index (χ0n) is 15.1. The standard InChI is InChI=1S/C20H19F2N3O3/c1-27-18-13-14(3-8-17(18)28-20(21)22)9-11-23-19(26)15-4-6-16(7-5-15)25-12-2-10-24-25/h2-8,10,12-13,20H,9,11H2,1H3,(H,23,26). The topological polar surface area (TPSA) is 65.4 Å². The van der Waals surface area contributed by atoms with Gasteiger partial charge in [-0.3, -0.25) is 4.79 Å². The van der Waals surface area contributed by atoms with Gasteiger partial charge in [0.1, 0.15) is 0 Å². The van der Waals surface area contributed by atoms with Gasteiger partial charge in [0, 0.05) is 24.5 Å². The van der Waals surface area contributed by atoms with Crippen molar-refractivity contribution in [2.75, 3.05) is 13.7 Å². The number of amides is 1. The third-order valence-corrected chi connectivity index (χ3v) is 4.04. The lowest BCUT2D eigenvalue weighted by atomic mass is 10.1. The Morgan fingerprint density at radius 2 is 1.96 bits per heavy atom. The molecule has 1 amide bonds. The molecule has 8 heteroatoms. The van der Waals surface area contributed by atoms with Gasteiger partial charge in [-0.2, -0.15) is 13.9 Å². The minimum Gasteiger partial charge on any atom is -0.493 e. The minimum atomic E-state index is -2.92. The highest BCUT2D eigenvalue weighted by molar-refractivity contribution is 5.94. The van der Waals surface area contributed by atoms with Crippen molar-refractivity contribution < 1.29 is 23.0 Å². The molecule has 0 fully saturated rings. The van der Waals surface area contributed by atoms with Crippen molar-refractivity contribution in [3.63, 3.8) is 0 Å². The van der Waals surface area contributed by atoms with E-state index in [1.165, 1.54) is 13.2 Å². The van der Waals surface area contributed by atoms with Crippen molar-refractivity contribution in [3.05, 3.63) is 72.1 Å². The van der Waals surface area contributed by atoms with Gasteiger partial charge in [-0.15, -0.1) is 0 Å². The fourth-order valence-corrected chi connectivity index (χ4v) is 2.67. The van der Waals surface area contributed by atoms with Crippen molar-refractivity contribution in [2.24, 2.45) is 0 Å². The summed E-state index contributed by atoms with van der Waals surface area (Å²) in [5.74, 6) is -0.00229. The van der Waals surface area contributed by atoms with E-state index in [1.54, 1.807) is 35.1 Å². The summed E-state index contributed by atoms with van der Waals surface area (Å²) in [5, 5.41) is 6.97. The minimum absolute atomic E-state index is 0.0254. The van der Waals surface area contributed by atoms with Crippen molar-refractivity contribution >= 4 is 5.91 Å². The summed E-state index contributed by atoms with van der Waals surface area (Å²) >= 11 is 0. The summed E-state index contributed by atoms with van der Waals surface area (Å²) in [6, 6.07) is 13.6. The fraction of sp³-hybridized carbons (Fsp3) is 0.200. The molecule has 2 aromatic carbocycles. The van der Waals surface area contributed by atoms with Crippen LogP contribution in [0.3, 0.4) is 0 Å². The van der Waals surface area contributed by atoms with Crippen molar-refractivity contribution in [1.82, 2.24) is 15.1 Å². The molecular formula is C20H19F2N3O3. The van der Waals surface area contributed by atoms with Crippen LogP contribution in [0.15, 0.2) is 60.9 Å². The quantitative estimate of drug-likeness (QED) is 0.643. The number of halogens is 2. The normalized spacial score (nSPS) is 10.7. The Bertz CT molecular complexity index is 913. The van der Waals surface area contributed by atoms with E-state index in [-0.39, 0.29) is 17.4 Å². The van der Waals surface area contributed by atoms with Gasteiger partial charge in [-0.05, 0) is 54.4 Å². The molecule has 0 radical (unpaired) electrons. The van der Waals surface area contributed by atoms with E-state index < -0.39 is 6.61 Å². The van der Waals surface area contributed by atoms with Gasteiger partial charge in [0.15, 0.2) is 11.5 Å². The number of benzene rings is 2. The lowest BCUT2D eigenvalue weighted by Gasteiger charge is -2.12. The molecule has 6 nitrogen and oxygen atoms in total. The van der Waals surface area contributed by atoms with Crippen LogP contribution in [0.4, 0.5) is 8.78 Å². The molecule has 0 saturated heterocycles. The number of alkyl halides is 2. The summed E-state index contributed by atoms with van der Waals surface area (Å²) in [6.45, 7) is -2.53. The first kappa shape index (κ1) is 19.3. The maximum atomic E-state index is 12.4.